The molecule has 3 unspecified atom stereocenters. The molecule has 0 aliphatic heterocycles. The average molecular weight is 220 g/mol. The maximum Gasteiger partial charge on any atom is 0.125 e. The Hall–Kier alpha value is -0.490. The van der Waals surface area contributed by atoms with Crippen molar-refractivity contribution in [2.45, 2.75) is 45.2 Å². The fourth-order valence-electron chi connectivity index (χ4n) is 1.20. The van der Waals surface area contributed by atoms with Gasteiger partial charge in [0.25, 0.3) is 0 Å². The van der Waals surface area contributed by atoms with Crippen molar-refractivity contribution in [1.82, 2.24) is 0 Å². The summed E-state index contributed by atoms with van der Waals surface area (Å²) in [5.74, 6) is -0.644. The molecule has 90 valence electrons. The Balaban J connectivity index is 4.53. The van der Waals surface area contributed by atoms with E-state index in [-0.39, 0.29) is 6.10 Å². The van der Waals surface area contributed by atoms with E-state index in [0.29, 0.717) is 6.29 Å². The van der Waals surface area contributed by atoms with E-state index in [4.69, 9.17) is 9.84 Å². The molecule has 5 nitrogen and oxygen atoms in total. The van der Waals surface area contributed by atoms with Crippen LogP contribution in [0.4, 0.5) is 0 Å². The van der Waals surface area contributed by atoms with E-state index >= 15 is 0 Å². The van der Waals surface area contributed by atoms with Gasteiger partial charge in [-0.05, 0) is 13.8 Å². The molecule has 4 atom stereocenters. The second kappa shape index (κ2) is 6.90. The molecule has 0 heterocycles. The Morgan fingerprint density at radius 3 is 2.13 bits per heavy atom. The summed E-state index contributed by atoms with van der Waals surface area (Å²) >= 11 is 0. The molecule has 0 rings (SSSR count). The van der Waals surface area contributed by atoms with Gasteiger partial charge in [0.2, 0.25) is 0 Å². The van der Waals surface area contributed by atoms with Crippen LogP contribution in [0.1, 0.15) is 20.8 Å². The summed E-state index contributed by atoms with van der Waals surface area (Å²) in [5, 5.41) is 27.9. The van der Waals surface area contributed by atoms with Crippen LogP contribution in [0, 0.1) is 5.92 Å². The predicted octanol–water partition coefficient (Wildman–Crippen LogP) is -0.671. The molecule has 0 aliphatic carbocycles. The van der Waals surface area contributed by atoms with Crippen LogP contribution in [-0.2, 0) is 9.53 Å². The lowest BCUT2D eigenvalue weighted by molar-refractivity contribution is -0.147. The van der Waals surface area contributed by atoms with Crippen LogP contribution in [0.3, 0.4) is 0 Å². The molecule has 5 heteroatoms. The highest BCUT2D eigenvalue weighted by Gasteiger charge is 2.31. The van der Waals surface area contributed by atoms with Crippen LogP contribution >= 0.6 is 0 Å². The summed E-state index contributed by atoms with van der Waals surface area (Å²) in [6.45, 7) is 4.50. The number of carbonyl (C=O) groups excluding carboxylic acids is 1. The molecular formula is C10H20O5. The van der Waals surface area contributed by atoms with Gasteiger partial charge in [0.1, 0.15) is 18.5 Å². The largest absolute Gasteiger partial charge is 0.394 e. The third-order valence-corrected chi connectivity index (χ3v) is 2.09. The monoisotopic (exact) mass is 220 g/mol. The molecule has 0 aromatic rings. The summed E-state index contributed by atoms with van der Waals surface area (Å²) < 4.78 is 5.27. The zero-order chi connectivity index (χ0) is 12.0. The van der Waals surface area contributed by atoms with E-state index in [2.05, 4.69) is 0 Å². The zero-order valence-electron chi connectivity index (χ0n) is 9.33. The predicted molar refractivity (Wildman–Crippen MR) is 54.3 cm³/mol. The Kier molecular flexibility index (Phi) is 6.67. The highest BCUT2D eigenvalue weighted by Crippen LogP contribution is 2.14. The minimum absolute atomic E-state index is 0.204. The Morgan fingerprint density at radius 1 is 1.27 bits per heavy atom. The fourth-order valence-corrected chi connectivity index (χ4v) is 1.20. The second-order valence-corrected chi connectivity index (χ2v) is 3.89. The van der Waals surface area contributed by atoms with Crippen molar-refractivity contribution in [2.24, 2.45) is 5.92 Å². The van der Waals surface area contributed by atoms with E-state index in [0.717, 1.165) is 0 Å². The summed E-state index contributed by atoms with van der Waals surface area (Å²) in [4.78, 5) is 10.5. The number of ether oxygens (including phenoxy) is 1. The molecule has 0 spiro atoms. The van der Waals surface area contributed by atoms with Crippen molar-refractivity contribution in [3.05, 3.63) is 0 Å². The number of rotatable bonds is 7. The summed E-state index contributed by atoms with van der Waals surface area (Å²) in [7, 11) is 0. The van der Waals surface area contributed by atoms with Crippen LogP contribution in [0.2, 0.25) is 0 Å². The second-order valence-electron chi connectivity index (χ2n) is 3.89. The van der Waals surface area contributed by atoms with Gasteiger partial charge >= 0.3 is 0 Å². The SMILES string of the molecule is CC(C)OC(C(O)CO)C(O)[C@@H](C)C=O. The van der Waals surface area contributed by atoms with Crippen molar-refractivity contribution in [3.63, 3.8) is 0 Å². The summed E-state index contributed by atoms with van der Waals surface area (Å²) in [5.41, 5.74) is 0. The minimum atomic E-state index is -1.19. The van der Waals surface area contributed by atoms with Gasteiger partial charge in [-0.25, -0.2) is 0 Å². The zero-order valence-corrected chi connectivity index (χ0v) is 9.33. The van der Waals surface area contributed by atoms with Crippen molar-refractivity contribution < 1.29 is 24.9 Å². The van der Waals surface area contributed by atoms with Crippen molar-refractivity contribution in [1.29, 1.82) is 0 Å². The van der Waals surface area contributed by atoms with E-state index in [1.807, 2.05) is 0 Å². The molecule has 0 amide bonds. The van der Waals surface area contributed by atoms with Gasteiger partial charge < -0.3 is 24.9 Å². The first-order valence-corrected chi connectivity index (χ1v) is 5.01. The van der Waals surface area contributed by atoms with Crippen molar-refractivity contribution in [3.8, 4) is 0 Å². The van der Waals surface area contributed by atoms with E-state index < -0.39 is 30.8 Å². The van der Waals surface area contributed by atoms with Gasteiger partial charge in [0.15, 0.2) is 0 Å². The molecule has 0 radical (unpaired) electrons. The number of hydrogen-bond acceptors (Lipinski definition) is 5. The van der Waals surface area contributed by atoms with Gasteiger partial charge in [-0.1, -0.05) is 6.92 Å². The maximum atomic E-state index is 10.5. The summed E-state index contributed by atoms with van der Waals surface area (Å²) in [6, 6.07) is 0. The van der Waals surface area contributed by atoms with Crippen molar-refractivity contribution in [2.75, 3.05) is 6.61 Å². The smallest absolute Gasteiger partial charge is 0.125 e. The Bertz CT molecular complexity index is 183. The Morgan fingerprint density at radius 2 is 1.80 bits per heavy atom. The highest BCUT2D eigenvalue weighted by molar-refractivity contribution is 5.53. The number of aliphatic hydroxyl groups is 3. The molecule has 0 saturated carbocycles. The molecule has 0 fully saturated rings. The number of aliphatic hydroxyl groups excluding tert-OH is 3. The molecule has 0 aromatic heterocycles. The summed E-state index contributed by atoms with van der Waals surface area (Å²) in [6.07, 6.45) is -2.87. The van der Waals surface area contributed by atoms with E-state index in [9.17, 15) is 15.0 Å². The number of hydrogen-bond donors (Lipinski definition) is 3. The van der Waals surface area contributed by atoms with E-state index in [1.54, 1.807) is 13.8 Å². The van der Waals surface area contributed by atoms with Gasteiger partial charge in [-0.3, -0.25) is 0 Å². The quantitative estimate of drug-likeness (QED) is 0.495. The van der Waals surface area contributed by atoms with Crippen LogP contribution in [-0.4, -0.2) is 52.6 Å². The van der Waals surface area contributed by atoms with Crippen molar-refractivity contribution >= 4 is 6.29 Å². The third-order valence-electron chi connectivity index (χ3n) is 2.09. The first-order chi connectivity index (χ1) is 6.93. The molecule has 3 N–H and O–H groups in total. The molecule has 0 saturated heterocycles. The van der Waals surface area contributed by atoms with Crippen LogP contribution in [0.15, 0.2) is 0 Å². The molecule has 0 aromatic carbocycles. The Labute approximate surface area is 89.7 Å². The standard InChI is InChI=1S/C10H20O5/c1-6(2)15-10(8(13)5-12)9(14)7(3)4-11/h4,6-10,12-14H,5H2,1-3H3/t7-,8?,9?,10?/m0/s1. The average Bonchev–Trinajstić information content (AvgIpc) is 2.22. The molecular weight excluding hydrogens is 200 g/mol. The fraction of sp³-hybridized carbons (Fsp3) is 0.900. The molecule has 0 bridgehead atoms. The first-order valence-electron chi connectivity index (χ1n) is 5.01. The highest BCUT2D eigenvalue weighted by atomic mass is 16.5. The maximum absolute atomic E-state index is 10.5. The van der Waals surface area contributed by atoms with Gasteiger partial charge in [-0.2, -0.15) is 0 Å². The lowest BCUT2D eigenvalue weighted by Crippen LogP contribution is -2.46. The molecule has 0 aliphatic rings. The normalized spacial score (nSPS) is 19.7. The first kappa shape index (κ1) is 14.5. The topological polar surface area (TPSA) is 87.0 Å². The minimum Gasteiger partial charge on any atom is -0.394 e. The molecule has 15 heavy (non-hydrogen) atoms. The lowest BCUT2D eigenvalue weighted by Gasteiger charge is -2.30. The number of carbonyl (C=O) groups is 1. The van der Waals surface area contributed by atoms with Crippen LogP contribution in [0.5, 0.6) is 0 Å². The van der Waals surface area contributed by atoms with E-state index in [1.165, 1.54) is 6.92 Å². The third kappa shape index (κ3) is 4.70. The van der Waals surface area contributed by atoms with Gasteiger partial charge in [0, 0.05) is 5.92 Å². The van der Waals surface area contributed by atoms with Crippen LogP contribution in [0.25, 0.3) is 0 Å². The van der Waals surface area contributed by atoms with Crippen LogP contribution < -0.4 is 0 Å². The lowest BCUT2D eigenvalue weighted by atomic mass is 9.97. The van der Waals surface area contributed by atoms with Gasteiger partial charge in [-0.15, -0.1) is 0 Å². The number of aldehydes is 1. The van der Waals surface area contributed by atoms with Gasteiger partial charge in [0.05, 0.1) is 18.8 Å².